The molecule has 1 fully saturated rings. The predicted octanol–water partition coefficient (Wildman–Crippen LogP) is 1.32. The molecular formula is C14H29N3O. The van der Waals surface area contributed by atoms with Crippen molar-refractivity contribution in [2.45, 2.75) is 45.1 Å². The van der Waals surface area contributed by atoms with Crippen molar-refractivity contribution < 1.29 is 4.79 Å². The number of likely N-dealkylation sites (N-methyl/N-ethyl adjacent to an activating group) is 1. The van der Waals surface area contributed by atoms with E-state index in [0.29, 0.717) is 6.54 Å². The van der Waals surface area contributed by atoms with Gasteiger partial charge in [0, 0.05) is 25.2 Å². The van der Waals surface area contributed by atoms with Crippen LogP contribution in [0.5, 0.6) is 0 Å². The summed E-state index contributed by atoms with van der Waals surface area (Å²) in [5, 5.41) is 3.29. The summed E-state index contributed by atoms with van der Waals surface area (Å²) < 4.78 is 0. The Morgan fingerprint density at radius 1 is 1.17 bits per heavy atom. The summed E-state index contributed by atoms with van der Waals surface area (Å²) in [4.78, 5) is 16.2. The van der Waals surface area contributed by atoms with Gasteiger partial charge in [0.15, 0.2) is 0 Å². The number of hydrogen-bond donors (Lipinski definition) is 1. The molecule has 0 unspecified atom stereocenters. The van der Waals surface area contributed by atoms with Gasteiger partial charge >= 0.3 is 0 Å². The molecule has 0 atom stereocenters. The lowest BCUT2D eigenvalue weighted by molar-refractivity contribution is -0.130. The van der Waals surface area contributed by atoms with Gasteiger partial charge in [-0.2, -0.15) is 0 Å². The average Bonchev–Trinajstić information content (AvgIpc) is 2.56. The van der Waals surface area contributed by atoms with Crippen LogP contribution < -0.4 is 5.32 Å². The molecule has 0 aromatic rings. The highest BCUT2D eigenvalue weighted by Crippen LogP contribution is 2.10. The third-order valence-corrected chi connectivity index (χ3v) is 4.00. The van der Waals surface area contributed by atoms with Crippen LogP contribution in [0.3, 0.4) is 0 Å². The largest absolute Gasteiger partial charge is 0.342 e. The molecule has 0 saturated carbocycles. The van der Waals surface area contributed by atoms with E-state index in [1.54, 1.807) is 0 Å². The Kier molecular flexibility index (Phi) is 6.09. The maximum atomic E-state index is 12.1. The minimum Gasteiger partial charge on any atom is -0.342 e. The molecule has 0 aliphatic carbocycles. The maximum absolute atomic E-state index is 12.1. The maximum Gasteiger partial charge on any atom is 0.236 e. The molecule has 4 heteroatoms. The van der Waals surface area contributed by atoms with Crippen LogP contribution in [0.1, 0.15) is 39.5 Å². The molecule has 0 aromatic heterocycles. The second-order valence-electron chi connectivity index (χ2n) is 6.11. The molecule has 1 N–H and O–H groups in total. The van der Waals surface area contributed by atoms with Crippen molar-refractivity contribution in [3.05, 3.63) is 0 Å². The van der Waals surface area contributed by atoms with Gasteiger partial charge < -0.3 is 15.1 Å². The summed E-state index contributed by atoms with van der Waals surface area (Å²) in [7, 11) is 4.14. The molecule has 106 valence electrons. The standard InChI is InChI=1S/C14H29N3O/c1-14(2,16(3)4)12-15-11-13(18)17-9-7-5-6-8-10-17/h15H,5-12H2,1-4H3. The van der Waals surface area contributed by atoms with Gasteiger partial charge in [-0.05, 0) is 40.8 Å². The average molecular weight is 255 g/mol. The summed E-state index contributed by atoms with van der Waals surface area (Å²) in [6.07, 6.45) is 4.86. The van der Waals surface area contributed by atoms with Crippen molar-refractivity contribution in [2.24, 2.45) is 0 Å². The first-order valence-corrected chi connectivity index (χ1v) is 7.09. The molecule has 1 aliphatic rings. The molecule has 4 nitrogen and oxygen atoms in total. The summed E-state index contributed by atoms with van der Waals surface area (Å²) >= 11 is 0. The van der Waals surface area contributed by atoms with E-state index < -0.39 is 0 Å². The van der Waals surface area contributed by atoms with Crippen LogP contribution in [-0.2, 0) is 4.79 Å². The molecular weight excluding hydrogens is 226 g/mol. The highest BCUT2D eigenvalue weighted by atomic mass is 16.2. The van der Waals surface area contributed by atoms with Crippen LogP contribution in [-0.4, -0.2) is 61.5 Å². The summed E-state index contributed by atoms with van der Waals surface area (Å²) in [5.41, 5.74) is 0.0824. The number of nitrogens with one attached hydrogen (secondary N) is 1. The van der Waals surface area contributed by atoms with Crippen LogP contribution in [0, 0.1) is 0 Å². The molecule has 1 heterocycles. The molecule has 1 aliphatic heterocycles. The third-order valence-electron chi connectivity index (χ3n) is 4.00. The number of nitrogens with zero attached hydrogens (tertiary/aromatic N) is 2. The van der Waals surface area contributed by atoms with Crippen molar-refractivity contribution in [2.75, 3.05) is 40.3 Å². The zero-order chi connectivity index (χ0) is 13.6. The lowest BCUT2D eigenvalue weighted by Gasteiger charge is -2.33. The molecule has 1 rings (SSSR count). The van der Waals surface area contributed by atoms with Crippen LogP contribution in [0.25, 0.3) is 0 Å². The number of rotatable bonds is 5. The van der Waals surface area contributed by atoms with Gasteiger partial charge in [0.1, 0.15) is 0 Å². The zero-order valence-corrected chi connectivity index (χ0v) is 12.5. The Hall–Kier alpha value is -0.610. The van der Waals surface area contributed by atoms with E-state index >= 15 is 0 Å². The minimum absolute atomic E-state index is 0.0824. The van der Waals surface area contributed by atoms with Gasteiger partial charge in [-0.1, -0.05) is 12.8 Å². The molecule has 0 radical (unpaired) electrons. The number of likely N-dealkylation sites (tertiary alicyclic amines) is 1. The summed E-state index contributed by atoms with van der Waals surface area (Å²) in [6.45, 7) is 7.54. The lowest BCUT2D eigenvalue weighted by atomic mass is 10.0. The van der Waals surface area contributed by atoms with E-state index in [9.17, 15) is 4.79 Å². The van der Waals surface area contributed by atoms with Gasteiger partial charge in [0.05, 0.1) is 6.54 Å². The highest BCUT2D eigenvalue weighted by molar-refractivity contribution is 5.78. The predicted molar refractivity (Wildman–Crippen MR) is 75.7 cm³/mol. The van der Waals surface area contributed by atoms with E-state index in [1.807, 2.05) is 4.90 Å². The Balaban J connectivity index is 2.28. The lowest BCUT2D eigenvalue weighted by Crippen LogP contribution is -2.49. The van der Waals surface area contributed by atoms with Crippen LogP contribution in [0.2, 0.25) is 0 Å². The topological polar surface area (TPSA) is 35.6 Å². The van der Waals surface area contributed by atoms with Crippen LogP contribution >= 0.6 is 0 Å². The fourth-order valence-corrected chi connectivity index (χ4v) is 2.07. The van der Waals surface area contributed by atoms with Gasteiger partial charge in [-0.25, -0.2) is 0 Å². The Labute approximate surface area is 112 Å². The molecule has 0 spiro atoms. The number of carbonyl (C=O) groups excluding carboxylic acids is 1. The van der Waals surface area contributed by atoms with Gasteiger partial charge in [0.25, 0.3) is 0 Å². The van der Waals surface area contributed by atoms with E-state index in [2.05, 4.69) is 38.2 Å². The summed E-state index contributed by atoms with van der Waals surface area (Å²) in [6, 6.07) is 0. The molecule has 1 amide bonds. The number of carbonyl (C=O) groups is 1. The van der Waals surface area contributed by atoms with E-state index in [4.69, 9.17) is 0 Å². The first-order valence-electron chi connectivity index (χ1n) is 7.09. The molecule has 0 bridgehead atoms. The quantitative estimate of drug-likeness (QED) is 0.805. The Morgan fingerprint density at radius 2 is 1.72 bits per heavy atom. The Morgan fingerprint density at radius 3 is 2.22 bits per heavy atom. The van der Waals surface area contributed by atoms with E-state index in [0.717, 1.165) is 32.5 Å². The van der Waals surface area contributed by atoms with Gasteiger partial charge in [-0.3, -0.25) is 4.79 Å². The van der Waals surface area contributed by atoms with Crippen molar-refractivity contribution in [3.8, 4) is 0 Å². The van der Waals surface area contributed by atoms with Crippen LogP contribution in [0.15, 0.2) is 0 Å². The van der Waals surface area contributed by atoms with Crippen molar-refractivity contribution >= 4 is 5.91 Å². The van der Waals surface area contributed by atoms with Gasteiger partial charge in [-0.15, -0.1) is 0 Å². The van der Waals surface area contributed by atoms with E-state index in [-0.39, 0.29) is 11.4 Å². The Bertz CT molecular complexity index is 256. The van der Waals surface area contributed by atoms with E-state index in [1.165, 1.54) is 12.8 Å². The third kappa shape index (κ3) is 4.94. The first-order chi connectivity index (χ1) is 8.43. The smallest absolute Gasteiger partial charge is 0.236 e. The van der Waals surface area contributed by atoms with Gasteiger partial charge in [0.2, 0.25) is 5.91 Å². The SMILES string of the molecule is CN(C)C(C)(C)CNCC(=O)N1CCCCCC1. The normalized spacial score (nSPS) is 17.9. The highest BCUT2D eigenvalue weighted by Gasteiger charge is 2.21. The number of amides is 1. The number of hydrogen-bond acceptors (Lipinski definition) is 3. The molecule has 0 aromatic carbocycles. The van der Waals surface area contributed by atoms with Crippen molar-refractivity contribution in [3.63, 3.8) is 0 Å². The first kappa shape index (κ1) is 15.4. The monoisotopic (exact) mass is 255 g/mol. The second-order valence-corrected chi connectivity index (χ2v) is 6.11. The zero-order valence-electron chi connectivity index (χ0n) is 12.5. The molecule has 18 heavy (non-hydrogen) atoms. The minimum atomic E-state index is 0.0824. The fraction of sp³-hybridized carbons (Fsp3) is 0.929. The van der Waals surface area contributed by atoms with Crippen molar-refractivity contribution in [1.82, 2.24) is 15.1 Å². The molecule has 1 saturated heterocycles. The fourth-order valence-electron chi connectivity index (χ4n) is 2.07. The summed E-state index contributed by atoms with van der Waals surface area (Å²) in [5.74, 6) is 0.256. The van der Waals surface area contributed by atoms with Crippen molar-refractivity contribution in [1.29, 1.82) is 0 Å². The van der Waals surface area contributed by atoms with Crippen LogP contribution in [0.4, 0.5) is 0 Å². The second kappa shape index (κ2) is 7.10.